The first-order valence-electron chi connectivity index (χ1n) is 6.33. The van der Waals surface area contributed by atoms with Gasteiger partial charge in [-0.05, 0) is 26.4 Å². The standard InChI is InChI=1S/C12H25N3O2/c1-15(7-3-2-4-11(13)14)10-12(16)5-8-17-9-6-12/h16H,2-10H2,1H3,(H3,13,14). The van der Waals surface area contributed by atoms with E-state index in [1.807, 2.05) is 7.05 Å². The van der Waals surface area contributed by atoms with Gasteiger partial charge in [0.1, 0.15) is 0 Å². The van der Waals surface area contributed by atoms with E-state index in [0.717, 1.165) is 32.2 Å². The summed E-state index contributed by atoms with van der Waals surface area (Å²) in [6.07, 6.45) is 4.09. The van der Waals surface area contributed by atoms with Gasteiger partial charge >= 0.3 is 0 Å². The Morgan fingerprint density at radius 2 is 2.06 bits per heavy atom. The molecule has 0 spiro atoms. The van der Waals surface area contributed by atoms with Crippen molar-refractivity contribution in [2.24, 2.45) is 5.73 Å². The molecule has 1 aliphatic heterocycles. The Balaban J connectivity index is 2.15. The molecule has 0 amide bonds. The number of unbranched alkanes of at least 4 members (excludes halogenated alkanes) is 1. The number of amidine groups is 1. The molecule has 0 aromatic rings. The van der Waals surface area contributed by atoms with Crippen LogP contribution in [0.5, 0.6) is 0 Å². The molecule has 0 saturated carbocycles. The third-order valence-corrected chi connectivity index (χ3v) is 3.22. The van der Waals surface area contributed by atoms with Crippen molar-refractivity contribution in [3.63, 3.8) is 0 Å². The molecule has 5 nitrogen and oxygen atoms in total. The van der Waals surface area contributed by atoms with E-state index in [0.29, 0.717) is 26.2 Å². The van der Waals surface area contributed by atoms with Crippen LogP contribution in [-0.4, -0.2) is 54.8 Å². The molecule has 0 aromatic heterocycles. The van der Waals surface area contributed by atoms with Gasteiger partial charge in [-0.1, -0.05) is 0 Å². The molecule has 1 heterocycles. The number of hydrogen-bond donors (Lipinski definition) is 3. The van der Waals surface area contributed by atoms with Gasteiger partial charge in [-0.25, -0.2) is 0 Å². The SMILES string of the molecule is CN(CCCCC(=N)N)CC1(O)CCOCC1. The topological polar surface area (TPSA) is 82.6 Å². The van der Waals surface area contributed by atoms with Crippen LogP contribution in [0.15, 0.2) is 0 Å². The fourth-order valence-corrected chi connectivity index (χ4v) is 2.19. The molecule has 1 saturated heterocycles. The van der Waals surface area contributed by atoms with Gasteiger partial charge in [0, 0.05) is 39.0 Å². The average molecular weight is 243 g/mol. The number of nitrogens with zero attached hydrogens (tertiary/aromatic N) is 1. The summed E-state index contributed by atoms with van der Waals surface area (Å²) in [6.45, 7) is 2.97. The summed E-state index contributed by atoms with van der Waals surface area (Å²) in [6, 6.07) is 0. The Morgan fingerprint density at radius 1 is 1.41 bits per heavy atom. The van der Waals surface area contributed by atoms with Crippen molar-refractivity contribution >= 4 is 5.84 Å². The normalized spacial score (nSPS) is 19.5. The zero-order valence-electron chi connectivity index (χ0n) is 10.7. The summed E-state index contributed by atoms with van der Waals surface area (Å²) in [5.41, 5.74) is 4.72. The van der Waals surface area contributed by atoms with Gasteiger partial charge in [0.2, 0.25) is 0 Å². The summed E-state index contributed by atoms with van der Waals surface area (Å²) >= 11 is 0. The third-order valence-electron chi connectivity index (χ3n) is 3.22. The molecular weight excluding hydrogens is 218 g/mol. The molecule has 0 radical (unpaired) electrons. The first kappa shape index (κ1) is 14.4. The number of aliphatic hydroxyl groups is 1. The van der Waals surface area contributed by atoms with Crippen LogP contribution >= 0.6 is 0 Å². The third kappa shape index (κ3) is 6.00. The molecule has 0 unspecified atom stereocenters. The minimum absolute atomic E-state index is 0.260. The molecule has 1 rings (SSSR count). The molecule has 17 heavy (non-hydrogen) atoms. The van der Waals surface area contributed by atoms with Gasteiger partial charge < -0.3 is 20.5 Å². The van der Waals surface area contributed by atoms with Crippen LogP contribution in [0, 0.1) is 5.41 Å². The van der Waals surface area contributed by atoms with E-state index < -0.39 is 5.60 Å². The summed E-state index contributed by atoms with van der Waals surface area (Å²) in [4.78, 5) is 2.16. The molecule has 0 aliphatic carbocycles. The van der Waals surface area contributed by atoms with E-state index in [-0.39, 0.29) is 5.84 Å². The van der Waals surface area contributed by atoms with Crippen molar-refractivity contribution in [2.45, 2.75) is 37.7 Å². The maximum Gasteiger partial charge on any atom is 0.0905 e. The Bertz CT molecular complexity index is 240. The van der Waals surface area contributed by atoms with Gasteiger partial charge in [0.05, 0.1) is 11.4 Å². The van der Waals surface area contributed by atoms with Gasteiger partial charge in [-0.2, -0.15) is 0 Å². The highest BCUT2D eigenvalue weighted by Crippen LogP contribution is 2.21. The van der Waals surface area contributed by atoms with Crippen LogP contribution in [0.1, 0.15) is 32.1 Å². The minimum Gasteiger partial charge on any atom is -0.388 e. The van der Waals surface area contributed by atoms with Gasteiger partial charge in [0.15, 0.2) is 0 Å². The number of ether oxygens (including phenoxy) is 1. The maximum absolute atomic E-state index is 10.3. The van der Waals surface area contributed by atoms with Crippen LogP contribution in [-0.2, 0) is 4.74 Å². The lowest BCUT2D eigenvalue weighted by atomic mass is 9.94. The molecule has 100 valence electrons. The Labute approximate surface area is 103 Å². The number of nitrogens with one attached hydrogen (secondary N) is 1. The van der Waals surface area contributed by atoms with Gasteiger partial charge in [-0.15, -0.1) is 0 Å². The fourth-order valence-electron chi connectivity index (χ4n) is 2.19. The number of rotatable bonds is 7. The van der Waals surface area contributed by atoms with E-state index in [4.69, 9.17) is 15.9 Å². The van der Waals surface area contributed by atoms with Crippen molar-refractivity contribution in [1.29, 1.82) is 5.41 Å². The zero-order chi connectivity index (χ0) is 12.7. The number of hydrogen-bond acceptors (Lipinski definition) is 4. The maximum atomic E-state index is 10.3. The number of nitrogens with two attached hydrogens (primary N) is 1. The van der Waals surface area contributed by atoms with Crippen molar-refractivity contribution in [1.82, 2.24) is 4.90 Å². The van der Waals surface area contributed by atoms with Crippen molar-refractivity contribution in [2.75, 3.05) is 33.4 Å². The average Bonchev–Trinajstić information content (AvgIpc) is 2.24. The molecular formula is C12H25N3O2. The predicted octanol–water partition coefficient (Wildman–Crippen LogP) is 0.566. The van der Waals surface area contributed by atoms with Gasteiger partial charge in [0.25, 0.3) is 0 Å². The minimum atomic E-state index is -0.576. The lowest BCUT2D eigenvalue weighted by Gasteiger charge is -2.35. The first-order chi connectivity index (χ1) is 8.02. The van der Waals surface area contributed by atoms with E-state index in [2.05, 4.69) is 4.90 Å². The number of likely N-dealkylation sites (N-methyl/N-ethyl adjacent to an activating group) is 1. The lowest BCUT2D eigenvalue weighted by Crippen LogP contribution is -2.45. The molecule has 0 atom stereocenters. The van der Waals surface area contributed by atoms with Crippen molar-refractivity contribution in [3.8, 4) is 0 Å². The second kappa shape index (κ2) is 6.93. The van der Waals surface area contributed by atoms with Crippen LogP contribution in [0.4, 0.5) is 0 Å². The molecule has 5 heteroatoms. The summed E-state index contributed by atoms with van der Waals surface area (Å²) in [5, 5.41) is 17.4. The van der Waals surface area contributed by atoms with Crippen LogP contribution < -0.4 is 5.73 Å². The van der Waals surface area contributed by atoms with E-state index in [1.165, 1.54) is 0 Å². The highest BCUT2D eigenvalue weighted by atomic mass is 16.5. The Morgan fingerprint density at radius 3 is 2.65 bits per heavy atom. The smallest absolute Gasteiger partial charge is 0.0905 e. The summed E-state index contributed by atoms with van der Waals surface area (Å²) in [7, 11) is 2.03. The summed E-state index contributed by atoms with van der Waals surface area (Å²) < 4.78 is 5.26. The summed E-state index contributed by atoms with van der Waals surface area (Å²) in [5.74, 6) is 0.260. The highest BCUT2D eigenvalue weighted by Gasteiger charge is 2.30. The van der Waals surface area contributed by atoms with E-state index >= 15 is 0 Å². The molecule has 0 aromatic carbocycles. The molecule has 1 aliphatic rings. The molecule has 1 fully saturated rings. The highest BCUT2D eigenvalue weighted by molar-refractivity contribution is 5.76. The Kier molecular flexibility index (Phi) is 5.88. The van der Waals surface area contributed by atoms with E-state index in [9.17, 15) is 5.11 Å². The quantitative estimate of drug-likeness (QED) is 0.347. The molecule has 0 bridgehead atoms. The van der Waals surface area contributed by atoms with Crippen molar-refractivity contribution in [3.05, 3.63) is 0 Å². The predicted molar refractivity (Wildman–Crippen MR) is 68.3 cm³/mol. The first-order valence-corrected chi connectivity index (χ1v) is 6.33. The van der Waals surface area contributed by atoms with Crippen molar-refractivity contribution < 1.29 is 9.84 Å². The fraction of sp³-hybridized carbons (Fsp3) is 0.917. The van der Waals surface area contributed by atoms with Crippen LogP contribution in [0.25, 0.3) is 0 Å². The van der Waals surface area contributed by atoms with Crippen LogP contribution in [0.3, 0.4) is 0 Å². The lowest BCUT2D eigenvalue weighted by molar-refractivity contribution is -0.0769. The second-order valence-electron chi connectivity index (χ2n) is 5.06. The van der Waals surface area contributed by atoms with E-state index in [1.54, 1.807) is 0 Å². The van der Waals surface area contributed by atoms with Gasteiger partial charge in [-0.3, -0.25) is 5.41 Å². The van der Waals surface area contributed by atoms with Crippen LogP contribution in [0.2, 0.25) is 0 Å². The monoisotopic (exact) mass is 243 g/mol. The Hall–Kier alpha value is -0.650. The second-order valence-corrected chi connectivity index (χ2v) is 5.06. The largest absolute Gasteiger partial charge is 0.388 e. The zero-order valence-corrected chi connectivity index (χ0v) is 10.7. The molecule has 4 N–H and O–H groups in total.